The Morgan fingerprint density at radius 2 is 1.84 bits per heavy atom. The molecule has 0 bridgehead atoms. The number of anilines is 1. The van der Waals surface area contributed by atoms with Crippen molar-refractivity contribution in [1.29, 1.82) is 0 Å². The fourth-order valence-electron chi connectivity index (χ4n) is 2.27. The molecule has 1 aromatic carbocycles. The number of rotatable bonds is 5. The van der Waals surface area contributed by atoms with Crippen LogP contribution in [0.2, 0.25) is 0 Å². The van der Waals surface area contributed by atoms with E-state index in [2.05, 4.69) is 48.9 Å². The Bertz CT molecular complexity index is 436. The number of nitrogens with two attached hydrogens (primary N) is 1. The SMILES string of the molecule is CC(C)C(CNC(=O)c1cccc(N)c1Br)C(C)C. The van der Waals surface area contributed by atoms with Crippen molar-refractivity contribution >= 4 is 27.5 Å². The summed E-state index contributed by atoms with van der Waals surface area (Å²) < 4.78 is 0.665. The van der Waals surface area contributed by atoms with Crippen LogP contribution < -0.4 is 11.1 Å². The summed E-state index contributed by atoms with van der Waals surface area (Å²) in [6.45, 7) is 9.44. The van der Waals surface area contributed by atoms with E-state index in [-0.39, 0.29) is 5.91 Å². The lowest BCUT2D eigenvalue weighted by Gasteiger charge is -2.25. The van der Waals surface area contributed by atoms with E-state index in [0.29, 0.717) is 40.0 Å². The maximum Gasteiger partial charge on any atom is 0.252 e. The molecule has 0 saturated carbocycles. The van der Waals surface area contributed by atoms with Crippen molar-refractivity contribution in [1.82, 2.24) is 5.32 Å². The third-order valence-electron chi connectivity index (χ3n) is 3.48. The first-order valence-corrected chi connectivity index (χ1v) is 7.46. The number of hydrogen-bond donors (Lipinski definition) is 2. The van der Waals surface area contributed by atoms with Gasteiger partial charge in [-0.1, -0.05) is 33.8 Å². The number of halogens is 1. The predicted octanol–water partition coefficient (Wildman–Crippen LogP) is 3.69. The Morgan fingerprint density at radius 1 is 1.26 bits per heavy atom. The minimum atomic E-state index is -0.0783. The highest BCUT2D eigenvalue weighted by atomic mass is 79.9. The molecule has 19 heavy (non-hydrogen) atoms. The number of amides is 1. The summed E-state index contributed by atoms with van der Waals surface area (Å²) in [6.07, 6.45) is 0. The third-order valence-corrected chi connectivity index (χ3v) is 4.37. The predicted molar refractivity (Wildman–Crippen MR) is 84.1 cm³/mol. The van der Waals surface area contributed by atoms with Crippen molar-refractivity contribution < 1.29 is 4.79 Å². The average molecular weight is 327 g/mol. The summed E-state index contributed by atoms with van der Waals surface area (Å²) in [5.41, 5.74) is 6.95. The Kier molecular flexibility index (Phi) is 5.85. The van der Waals surface area contributed by atoms with Gasteiger partial charge < -0.3 is 11.1 Å². The minimum absolute atomic E-state index is 0.0783. The lowest BCUT2D eigenvalue weighted by molar-refractivity contribution is 0.0936. The van der Waals surface area contributed by atoms with Gasteiger partial charge in [0.1, 0.15) is 0 Å². The lowest BCUT2D eigenvalue weighted by atomic mass is 9.85. The zero-order valence-electron chi connectivity index (χ0n) is 12.0. The summed E-state index contributed by atoms with van der Waals surface area (Å²) in [7, 11) is 0. The number of nitrogen functional groups attached to an aromatic ring is 1. The molecular formula is C15H23BrN2O. The van der Waals surface area contributed by atoms with Crippen LogP contribution in [0, 0.1) is 17.8 Å². The second-order valence-corrected chi connectivity index (χ2v) is 6.36. The molecule has 0 atom stereocenters. The van der Waals surface area contributed by atoms with Gasteiger partial charge in [0.05, 0.1) is 10.0 Å². The van der Waals surface area contributed by atoms with Crippen LogP contribution in [0.5, 0.6) is 0 Å². The second kappa shape index (κ2) is 6.94. The fourth-order valence-corrected chi connectivity index (χ4v) is 2.72. The summed E-state index contributed by atoms with van der Waals surface area (Å²) in [4.78, 5) is 12.2. The molecule has 106 valence electrons. The van der Waals surface area contributed by atoms with Crippen LogP contribution in [0.15, 0.2) is 22.7 Å². The molecule has 1 aromatic rings. The lowest BCUT2D eigenvalue weighted by Crippen LogP contribution is -2.34. The first-order chi connectivity index (χ1) is 8.84. The molecule has 0 saturated heterocycles. The van der Waals surface area contributed by atoms with Crippen molar-refractivity contribution in [2.45, 2.75) is 27.7 Å². The van der Waals surface area contributed by atoms with Crippen LogP contribution in [-0.4, -0.2) is 12.5 Å². The van der Waals surface area contributed by atoms with Gasteiger partial charge in [0.15, 0.2) is 0 Å². The summed E-state index contributed by atoms with van der Waals surface area (Å²) in [5, 5.41) is 3.01. The molecule has 0 heterocycles. The van der Waals surface area contributed by atoms with Crippen molar-refractivity contribution in [3.05, 3.63) is 28.2 Å². The first-order valence-electron chi connectivity index (χ1n) is 6.66. The molecule has 3 N–H and O–H groups in total. The van der Waals surface area contributed by atoms with Crippen LogP contribution in [0.25, 0.3) is 0 Å². The van der Waals surface area contributed by atoms with E-state index in [1.54, 1.807) is 18.2 Å². The number of carbonyl (C=O) groups is 1. The highest BCUT2D eigenvalue weighted by molar-refractivity contribution is 9.10. The second-order valence-electron chi connectivity index (χ2n) is 5.57. The van der Waals surface area contributed by atoms with E-state index in [0.717, 1.165) is 0 Å². The monoisotopic (exact) mass is 326 g/mol. The highest BCUT2D eigenvalue weighted by Gasteiger charge is 2.19. The molecule has 4 heteroatoms. The molecule has 0 aliphatic heterocycles. The standard InChI is InChI=1S/C15H23BrN2O/c1-9(2)12(10(3)4)8-18-15(19)11-6-5-7-13(17)14(11)16/h5-7,9-10,12H,8,17H2,1-4H3,(H,18,19). The van der Waals surface area contributed by atoms with Gasteiger partial charge in [-0.25, -0.2) is 0 Å². The van der Waals surface area contributed by atoms with Gasteiger partial charge in [0.25, 0.3) is 5.91 Å². The van der Waals surface area contributed by atoms with E-state index in [4.69, 9.17) is 5.73 Å². The summed E-state index contributed by atoms with van der Waals surface area (Å²) >= 11 is 3.36. The molecule has 1 amide bonds. The zero-order chi connectivity index (χ0) is 14.6. The van der Waals surface area contributed by atoms with Crippen LogP contribution in [0.3, 0.4) is 0 Å². The average Bonchev–Trinajstić information content (AvgIpc) is 2.31. The maximum absolute atomic E-state index is 12.2. The van der Waals surface area contributed by atoms with Gasteiger partial charge in [0, 0.05) is 12.2 Å². The van der Waals surface area contributed by atoms with Crippen molar-refractivity contribution in [2.24, 2.45) is 17.8 Å². The maximum atomic E-state index is 12.2. The van der Waals surface area contributed by atoms with Gasteiger partial charge in [-0.2, -0.15) is 0 Å². The number of benzene rings is 1. The van der Waals surface area contributed by atoms with E-state index < -0.39 is 0 Å². The third kappa shape index (κ3) is 4.23. The van der Waals surface area contributed by atoms with Crippen molar-refractivity contribution in [2.75, 3.05) is 12.3 Å². The molecule has 3 nitrogen and oxygen atoms in total. The Labute approximate surface area is 124 Å². The number of hydrogen-bond acceptors (Lipinski definition) is 2. The molecule has 0 aliphatic rings. The van der Waals surface area contributed by atoms with Gasteiger partial charge >= 0.3 is 0 Å². The van der Waals surface area contributed by atoms with Crippen LogP contribution >= 0.6 is 15.9 Å². The molecule has 0 spiro atoms. The molecule has 0 unspecified atom stereocenters. The number of nitrogens with one attached hydrogen (secondary N) is 1. The van der Waals surface area contributed by atoms with Crippen molar-refractivity contribution in [3.63, 3.8) is 0 Å². The molecule has 0 fully saturated rings. The molecule has 1 rings (SSSR count). The molecule has 0 aliphatic carbocycles. The van der Waals surface area contributed by atoms with E-state index >= 15 is 0 Å². The largest absolute Gasteiger partial charge is 0.398 e. The quantitative estimate of drug-likeness (QED) is 0.811. The molecule has 0 aromatic heterocycles. The highest BCUT2D eigenvalue weighted by Crippen LogP contribution is 2.24. The van der Waals surface area contributed by atoms with Crippen LogP contribution in [-0.2, 0) is 0 Å². The normalized spacial score (nSPS) is 11.4. The first kappa shape index (κ1) is 16.0. The molecule has 0 radical (unpaired) electrons. The zero-order valence-corrected chi connectivity index (χ0v) is 13.6. The Morgan fingerprint density at radius 3 is 2.37 bits per heavy atom. The van der Waals surface area contributed by atoms with E-state index in [1.807, 2.05) is 0 Å². The smallest absolute Gasteiger partial charge is 0.252 e. The van der Waals surface area contributed by atoms with Crippen molar-refractivity contribution in [3.8, 4) is 0 Å². The van der Waals surface area contributed by atoms with Crippen LogP contribution in [0.1, 0.15) is 38.1 Å². The van der Waals surface area contributed by atoms with Gasteiger partial charge in [0.2, 0.25) is 0 Å². The molecular weight excluding hydrogens is 304 g/mol. The summed E-state index contributed by atoms with van der Waals surface area (Å²) in [6, 6.07) is 5.33. The Balaban J connectivity index is 2.72. The number of carbonyl (C=O) groups excluding carboxylic acids is 1. The fraction of sp³-hybridized carbons (Fsp3) is 0.533. The Hall–Kier alpha value is -1.03. The van der Waals surface area contributed by atoms with Gasteiger partial charge in [-0.05, 0) is 45.8 Å². The minimum Gasteiger partial charge on any atom is -0.398 e. The summed E-state index contributed by atoms with van der Waals surface area (Å²) in [5.74, 6) is 1.49. The topological polar surface area (TPSA) is 55.1 Å². The van der Waals surface area contributed by atoms with Gasteiger partial charge in [-0.3, -0.25) is 4.79 Å². The van der Waals surface area contributed by atoms with Gasteiger partial charge in [-0.15, -0.1) is 0 Å². The van der Waals surface area contributed by atoms with E-state index in [1.165, 1.54) is 0 Å². The van der Waals surface area contributed by atoms with E-state index in [9.17, 15) is 4.79 Å². The van der Waals surface area contributed by atoms with Crippen LogP contribution in [0.4, 0.5) is 5.69 Å².